The summed E-state index contributed by atoms with van der Waals surface area (Å²) in [5.74, 6) is 0.392. The second kappa shape index (κ2) is 11.3. The van der Waals surface area contributed by atoms with Gasteiger partial charge in [0.15, 0.2) is 11.5 Å². The highest BCUT2D eigenvalue weighted by atomic mass is 32.1. The van der Waals surface area contributed by atoms with E-state index in [1.54, 1.807) is 36.4 Å². The van der Waals surface area contributed by atoms with Gasteiger partial charge in [-0.2, -0.15) is 0 Å². The molecular weight excluding hydrogens is 464 g/mol. The van der Waals surface area contributed by atoms with Crippen LogP contribution < -0.4 is 20.1 Å². The molecule has 2 amide bonds. The van der Waals surface area contributed by atoms with Crippen LogP contribution in [-0.2, 0) is 9.59 Å². The number of nitrogens with one attached hydrogen (secondary N) is 2. The number of aromatic hydroxyl groups is 1. The number of phenolic OH excluding ortho intramolecular Hbond substituents is 1. The zero-order valence-corrected chi connectivity index (χ0v) is 20.6. The lowest BCUT2D eigenvalue weighted by Gasteiger charge is -2.30. The Balaban J connectivity index is 1.60. The number of fused-ring (bicyclic) bond motifs is 1. The third-order valence-electron chi connectivity index (χ3n) is 5.84. The fourth-order valence-corrected chi connectivity index (χ4v) is 4.77. The van der Waals surface area contributed by atoms with E-state index in [1.165, 1.54) is 11.3 Å². The van der Waals surface area contributed by atoms with Gasteiger partial charge in [-0.15, -0.1) is 11.3 Å². The average Bonchev–Trinajstić information content (AvgIpc) is 3.39. The van der Waals surface area contributed by atoms with Crippen molar-refractivity contribution in [2.24, 2.45) is 5.92 Å². The Kier molecular flexibility index (Phi) is 7.92. The molecule has 3 atom stereocenters. The van der Waals surface area contributed by atoms with Crippen molar-refractivity contribution < 1.29 is 24.2 Å². The summed E-state index contributed by atoms with van der Waals surface area (Å²) < 4.78 is 11.6. The van der Waals surface area contributed by atoms with Crippen molar-refractivity contribution in [1.82, 2.24) is 10.6 Å². The Morgan fingerprint density at radius 1 is 1.06 bits per heavy atom. The largest absolute Gasteiger partial charge is 0.508 e. The number of ether oxygens (including phenoxy) is 2. The van der Waals surface area contributed by atoms with Crippen LogP contribution in [0.2, 0.25) is 0 Å². The summed E-state index contributed by atoms with van der Waals surface area (Å²) in [7, 11) is 0. The SMILES string of the molecule is CC(C)CCNC(=O)C(c1ccc(O)cc1)C(NC(=O)C1COc2ccccc2O1)c1cccs1. The Hall–Kier alpha value is -3.52. The van der Waals surface area contributed by atoms with Gasteiger partial charge in [0.2, 0.25) is 12.0 Å². The summed E-state index contributed by atoms with van der Waals surface area (Å²) in [5, 5.41) is 17.8. The molecule has 35 heavy (non-hydrogen) atoms. The van der Waals surface area contributed by atoms with Gasteiger partial charge in [0.05, 0.1) is 12.0 Å². The number of hydrogen-bond acceptors (Lipinski definition) is 6. The minimum Gasteiger partial charge on any atom is -0.508 e. The van der Waals surface area contributed by atoms with E-state index in [-0.39, 0.29) is 24.2 Å². The number of carbonyl (C=O) groups is 2. The van der Waals surface area contributed by atoms with Gasteiger partial charge >= 0.3 is 0 Å². The summed E-state index contributed by atoms with van der Waals surface area (Å²) in [4.78, 5) is 27.7. The van der Waals surface area contributed by atoms with Crippen LogP contribution in [0, 0.1) is 5.92 Å². The van der Waals surface area contributed by atoms with Gasteiger partial charge in [0, 0.05) is 11.4 Å². The van der Waals surface area contributed by atoms with Crippen LogP contribution in [0.3, 0.4) is 0 Å². The molecule has 0 bridgehead atoms. The zero-order valence-electron chi connectivity index (χ0n) is 19.8. The van der Waals surface area contributed by atoms with Crippen LogP contribution >= 0.6 is 11.3 Å². The lowest BCUT2D eigenvalue weighted by Crippen LogP contribution is -2.48. The van der Waals surface area contributed by atoms with Crippen molar-refractivity contribution in [3.8, 4) is 17.2 Å². The topological polar surface area (TPSA) is 96.9 Å². The molecule has 8 heteroatoms. The lowest BCUT2D eigenvalue weighted by molar-refractivity contribution is -0.132. The minimum absolute atomic E-state index is 0.0739. The molecule has 0 aliphatic carbocycles. The molecule has 0 saturated heterocycles. The minimum atomic E-state index is -0.850. The number of benzene rings is 2. The van der Waals surface area contributed by atoms with E-state index in [2.05, 4.69) is 24.5 Å². The molecular formula is C27H30N2O5S. The van der Waals surface area contributed by atoms with Crippen LogP contribution in [0.5, 0.6) is 17.2 Å². The summed E-state index contributed by atoms with van der Waals surface area (Å²) >= 11 is 1.46. The summed E-state index contributed by atoms with van der Waals surface area (Å²) in [6, 6.07) is 16.9. The molecule has 3 unspecified atom stereocenters. The molecule has 3 N–H and O–H groups in total. The first-order chi connectivity index (χ1) is 16.9. The van der Waals surface area contributed by atoms with Gasteiger partial charge in [-0.1, -0.05) is 44.2 Å². The first-order valence-electron chi connectivity index (χ1n) is 11.7. The van der Waals surface area contributed by atoms with Crippen LogP contribution in [0.15, 0.2) is 66.0 Å². The van der Waals surface area contributed by atoms with Crippen molar-refractivity contribution >= 4 is 23.2 Å². The molecule has 0 spiro atoms. The Morgan fingerprint density at radius 2 is 1.80 bits per heavy atom. The highest BCUT2D eigenvalue weighted by molar-refractivity contribution is 7.10. The first kappa shape index (κ1) is 24.6. The van der Waals surface area contributed by atoms with Gasteiger partial charge in [0.1, 0.15) is 12.4 Å². The van der Waals surface area contributed by atoms with Crippen molar-refractivity contribution in [3.05, 3.63) is 76.5 Å². The normalized spacial score (nSPS) is 16.4. The van der Waals surface area contributed by atoms with E-state index in [1.807, 2.05) is 29.6 Å². The highest BCUT2D eigenvalue weighted by Crippen LogP contribution is 2.36. The highest BCUT2D eigenvalue weighted by Gasteiger charge is 2.36. The molecule has 0 radical (unpaired) electrons. The fourth-order valence-electron chi connectivity index (χ4n) is 3.95. The van der Waals surface area contributed by atoms with Gasteiger partial charge in [0.25, 0.3) is 5.91 Å². The number of hydrogen-bond donors (Lipinski definition) is 3. The number of thiophene rings is 1. The van der Waals surface area contributed by atoms with E-state index in [9.17, 15) is 14.7 Å². The van der Waals surface area contributed by atoms with Crippen molar-refractivity contribution in [3.63, 3.8) is 0 Å². The van der Waals surface area contributed by atoms with Crippen LogP contribution in [0.4, 0.5) is 0 Å². The van der Waals surface area contributed by atoms with Crippen molar-refractivity contribution in [2.45, 2.75) is 38.3 Å². The first-order valence-corrected chi connectivity index (χ1v) is 12.6. The molecule has 184 valence electrons. The van der Waals surface area contributed by atoms with Crippen LogP contribution in [0.25, 0.3) is 0 Å². The standard InChI is InChI=1S/C27H30N2O5S/c1-17(2)13-14-28-27(32)24(18-9-11-19(30)12-10-18)25(23-8-5-15-35-23)29-26(31)22-16-33-20-6-3-4-7-21(20)34-22/h3-12,15,17,22,24-25,30H,13-14,16H2,1-2H3,(H,28,32)(H,29,31). The third kappa shape index (κ3) is 6.14. The molecule has 4 rings (SSSR count). The van der Waals surface area contributed by atoms with E-state index in [4.69, 9.17) is 9.47 Å². The third-order valence-corrected chi connectivity index (χ3v) is 6.79. The molecule has 2 aromatic carbocycles. The average molecular weight is 495 g/mol. The number of para-hydroxylation sites is 2. The molecule has 3 aromatic rings. The molecule has 2 heterocycles. The predicted octanol–water partition coefficient (Wildman–Crippen LogP) is 4.40. The molecule has 1 aromatic heterocycles. The number of carbonyl (C=O) groups excluding carboxylic acids is 2. The maximum atomic E-state index is 13.5. The summed E-state index contributed by atoms with van der Waals surface area (Å²) in [6.45, 7) is 4.81. The number of rotatable bonds is 9. The maximum Gasteiger partial charge on any atom is 0.265 e. The van der Waals surface area contributed by atoms with E-state index >= 15 is 0 Å². The zero-order chi connectivity index (χ0) is 24.8. The van der Waals surface area contributed by atoms with E-state index < -0.39 is 18.1 Å². The Labute approximate surface area is 209 Å². The lowest BCUT2D eigenvalue weighted by atomic mass is 9.89. The van der Waals surface area contributed by atoms with Crippen molar-refractivity contribution in [1.29, 1.82) is 0 Å². The Bertz CT molecular complexity index is 1130. The van der Waals surface area contributed by atoms with E-state index in [0.717, 1.165) is 11.3 Å². The maximum absolute atomic E-state index is 13.5. The fraction of sp³-hybridized carbons (Fsp3) is 0.333. The summed E-state index contributed by atoms with van der Waals surface area (Å²) in [5.41, 5.74) is 0.690. The number of amides is 2. The molecule has 7 nitrogen and oxygen atoms in total. The molecule has 1 aliphatic rings. The van der Waals surface area contributed by atoms with Gasteiger partial charge < -0.3 is 25.2 Å². The van der Waals surface area contributed by atoms with Crippen LogP contribution in [-0.4, -0.2) is 36.2 Å². The predicted molar refractivity (Wildman–Crippen MR) is 135 cm³/mol. The van der Waals surface area contributed by atoms with Gasteiger partial charge in [-0.25, -0.2) is 0 Å². The molecule has 0 saturated carbocycles. The smallest absolute Gasteiger partial charge is 0.265 e. The van der Waals surface area contributed by atoms with Gasteiger partial charge in [-0.3, -0.25) is 9.59 Å². The second-order valence-electron chi connectivity index (χ2n) is 8.91. The Morgan fingerprint density at radius 3 is 2.49 bits per heavy atom. The monoisotopic (exact) mass is 494 g/mol. The summed E-state index contributed by atoms with van der Waals surface area (Å²) in [6.07, 6.45) is -0.00618. The van der Waals surface area contributed by atoms with Gasteiger partial charge in [-0.05, 0) is 53.6 Å². The number of phenols is 1. The second-order valence-corrected chi connectivity index (χ2v) is 9.89. The van der Waals surface area contributed by atoms with Crippen LogP contribution in [0.1, 0.15) is 42.7 Å². The quantitative estimate of drug-likeness (QED) is 0.410. The van der Waals surface area contributed by atoms with Crippen molar-refractivity contribution in [2.75, 3.05) is 13.2 Å². The molecule has 1 aliphatic heterocycles. The molecule has 0 fully saturated rings. The van der Waals surface area contributed by atoms with E-state index in [0.29, 0.717) is 29.5 Å².